The Balaban J connectivity index is 1.05. The van der Waals surface area contributed by atoms with Crippen LogP contribution >= 0.6 is 0 Å². The van der Waals surface area contributed by atoms with Crippen molar-refractivity contribution >= 4 is 32.6 Å². The van der Waals surface area contributed by atoms with Gasteiger partial charge in [0.15, 0.2) is 17.5 Å². The maximum Gasteiger partial charge on any atom is 0.164 e. The monoisotopic (exact) mass is 676 g/mol. The van der Waals surface area contributed by atoms with Gasteiger partial charge in [0.1, 0.15) is 0 Å². The number of hydrogen-bond acceptors (Lipinski definition) is 3. The first-order valence-electron chi connectivity index (χ1n) is 17.9. The number of nitrogens with zero attached hydrogens (tertiary/aromatic N) is 4. The van der Waals surface area contributed by atoms with E-state index in [9.17, 15) is 0 Å². The second kappa shape index (κ2) is 12.9. The molecule has 0 aliphatic carbocycles. The number of aromatic nitrogens is 4. The number of fused-ring (bicyclic) bond motifs is 4. The van der Waals surface area contributed by atoms with Crippen molar-refractivity contribution in [3.8, 4) is 62.1 Å². The molecule has 4 heteroatoms. The highest BCUT2D eigenvalue weighted by Gasteiger charge is 2.15. The largest absolute Gasteiger partial charge is 0.309 e. The summed E-state index contributed by atoms with van der Waals surface area (Å²) in [5.74, 6) is 1.95. The summed E-state index contributed by atoms with van der Waals surface area (Å²) in [4.78, 5) is 14.7. The minimum atomic E-state index is 0.644. The summed E-state index contributed by atoms with van der Waals surface area (Å²) in [5, 5.41) is 4.97. The summed E-state index contributed by atoms with van der Waals surface area (Å²) in [6, 6.07) is 68.3. The van der Waals surface area contributed by atoms with E-state index < -0.39 is 0 Å². The molecule has 2 aromatic heterocycles. The second-order valence-electron chi connectivity index (χ2n) is 13.3. The van der Waals surface area contributed by atoms with Gasteiger partial charge in [0, 0.05) is 33.2 Å². The third-order valence-electron chi connectivity index (χ3n) is 10.0. The van der Waals surface area contributed by atoms with Crippen LogP contribution in [0.15, 0.2) is 194 Å². The van der Waals surface area contributed by atoms with Crippen LogP contribution in [0.25, 0.3) is 94.7 Å². The normalized spacial score (nSPS) is 11.4. The quantitative estimate of drug-likeness (QED) is 0.176. The summed E-state index contributed by atoms with van der Waals surface area (Å²) >= 11 is 0. The fraction of sp³-hybridized carbons (Fsp3) is 0. The van der Waals surface area contributed by atoms with Crippen LogP contribution in [-0.2, 0) is 0 Å². The van der Waals surface area contributed by atoms with Crippen molar-refractivity contribution in [3.05, 3.63) is 194 Å². The van der Waals surface area contributed by atoms with E-state index >= 15 is 0 Å². The van der Waals surface area contributed by atoms with E-state index in [1.54, 1.807) is 0 Å². The van der Waals surface area contributed by atoms with E-state index in [2.05, 4.69) is 138 Å². The lowest BCUT2D eigenvalue weighted by molar-refractivity contribution is 1.07. The highest BCUT2D eigenvalue weighted by Crippen LogP contribution is 2.37. The molecule has 0 saturated carbocycles. The minimum absolute atomic E-state index is 0.644. The zero-order chi connectivity index (χ0) is 35.1. The van der Waals surface area contributed by atoms with Gasteiger partial charge in [0.2, 0.25) is 0 Å². The number of benzene rings is 8. The summed E-state index contributed by atoms with van der Waals surface area (Å²) in [5.41, 5.74) is 11.0. The lowest BCUT2D eigenvalue weighted by atomic mass is 10.00. The van der Waals surface area contributed by atoms with Crippen LogP contribution in [0.3, 0.4) is 0 Å². The predicted octanol–water partition coefficient (Wildman–Crippen LogP) is 12.5. The average molecular weight is 677 g/mol. The van der Waals surface area contributed by atoms with Crippen LogP contribution in [0.2, 0.25) is 0 Å². The lowest BCUT2D eigenvalue weighted by Gasteiger charge is -2.12. The molecule has 0 bridgehead atoms. The molecule has 0 fully saturated rings. The van der Waals surface area contributed by atoms with Gasteiger partial charge in [0.05, 0.1) is 11.0 Å². The van der Waals surface area contributed by atoms with E-state index in [1.165, 1.54) is 43.7 Å². The van der Waals surface area contributed by atoms with Crippen LogP contribution in [0.5, 0.6) is 0 Å². The van der Waals surface area contributed by atoms with E-state index in [1.807, 2.05) is 60.7 Å². The smallest absolute Gasteiger partial charge is 0.164 e. The molecule has 0 spiro atoms. The van der Waals surface area contributed by atoms with Gasteiger partial charge in [-0.2, -0.15) is 0 Å². The van der Waals surface area contributed by atoms with Crippen molar-refractivity contribution in [1.29, 1.82) is 0 Å². The Kier molecular flexibility index (Phi) is 7.43. The fourth-order valence-electron chi connectivity index (χ4n) is 7.37. The Morgan fingerprint density at radius 1 is 0.283 bits per heavy atom. The predicted molar refractivity (Wildman–Crippen MR) is 219 cm³/mol. The van der Waals surface area contributed by atoms with Crippen molar-refractivity contribution in [3.63, 3.8) is 0 Å². The third-order valence-corrected chi connectivity index (χ3v) is 10.0. The summed E-state index contributed by atoms with van der Waals surface area (Å²) < 4.78 is 2.40. The third kappa shape index (κ3) is 5.63. The Bertz CT molecular complexity index is 2870. The first kappa shape index (κ1) is 30.6. The second-order valence-corrected chi connectivity index (χ2v) is 13.3. The standard InChI is InChI=1S/C49H32N4/c1-3-13-35(14-4-1)47-50-48(36-15-5-2-6-16-36)52-49(51-47)37-25-22-34(23-26-37)39-18-11-19-42(31-39)53-45-21-10-9-20-43(45)44-29-28-41(32-46(44)53)40-27-24-33-12-7-8-17-38(33)30-40/h1-32H. The molecule has 53 heavy (non-hydrogen) atoms. The Hall–Kier alpha value is -7.17. The molecule has 10 rings (SSSR count). The maximum absolute atomic E-state index is 4.93. The fourth-order valence-corrected chi connectivity index (χ4v) is 7.37. The van der Waals surface area contributed by atoms with Gasteiger partial charge in [-0.15, -0.1) is 0 Å². The first-order chi connectivity index (χ1) is 26.2. The van der Waals surface area contributed by atoms with Crippen LogP contribution < -0.4 is 0 Å². The van der Waals surface area contributed by atoms with Crippen molar-refractivity contribution < 1.29 is 0 Å². The molecule has 248 valence electrons. The molecule has 4 nitrogen and oxygen atoms in total. The van der Waals surface area contributed by atoms with Gasteiger partial charge >= 0.3 is 0 Å². The van der Waals surface area contributed by atoms with E-state index in [0.717, 1.165) is 33.5 Å². The Morgan fingerprint density at radius 2 is 0.774 bits per heavy atom. The molecular formula is C49H32N4. The molecule has 0 unspecified atom stereocenters. The summed E-state index contributed by atoms with van der Waals surface area (Å²) in [6.45, 7) is 0. The molecule has 0 aliphatic heterocycles. The van der Waals surface area contributed by atoms with Gasteiger partial charge < -0.3 is 4.57 Å². The van der Waals surface area contributed by atoms with Gasteiger partial charge in [-0.25, -0.2) is 15.0 Å². The number of hydrogen-bond donors (Lipinski definition) is 0. The SMILES string of the molecule is c1ccc(-c2nc(-c3ccccc3)nc(-c3ccc(-c4cccc(-n5c6ccccc6c6ccc(-c7ccc8ccccc8c7)cc65)c4)cc3)n2)cc1. The van der Waals surface area contributed by atoms with Crippen molar-refractivity contribution in [2.24, 2.45) is 0 Å². The molecule has 0 N–H and O–H groups in total. The molecular weight excluding hydrogens is 645 g/mol. The molecule has 0 radical (unpaired) electrons. The minimum Gasteiger partial charge on any atom is -0.309 e. The number of para-hydroxylation sites is 1. The summed E-state index contributed by atoms with van der Waals surface area (Å²) in [6.07, 6.45) is 0. The first-order valence-corrected chi connectivity index (χ1v) is 17.9. The van der Waals surface area contributed by atoms with Crippen molar-refractivity contribution in [2.45, 2.75) is 0 Å². The van der Waals surface area contributed by atoms with Crippen molar-refractivity contribution in [1.82, 2.24) is 19.5 Å². The van der Waals surface area contributed by atoms with Crippen LogP contribution in [0, 0.1) is 0 Å². The molecule has 0 saturated heterocycles. The average Bonchev–Trinajstić information content (AvgIpc) is 3.58. The maximum atomic E-state index is 4.93. The highest BCUT2D eigenvalue weighted by atomic mass is 15.0. The molecule has 0 amide bonds. The van der Waals surface area contributed by atoms with Gasteiger partial charge in [-0.05, 0) is 63.4 Å². The topological polar surface area (TPSA) is 43.6 Å². The highest BCUT2D eigenvalue weighted by molar-refractivity contribution is 6.10. The van der Waals surface area contributed by atoms with Crippen LogP contribution in [0.1, 0.15) is 0 Å². The van der Waals surface area contributed by atoms with E-state index in [0.29, 0.717) is 17.5 Å². The Labute approximate surface area is 307 Å². The molecule has 0 aliphatic rings. The van der Waals surface area contributed by atoms with Crippen LogP contribution in [0.4, 0.5) is 0 Å². The Morgan fingerprint density at radius 3 is 1.49 bits per heavy atom. The zero-order valence-electron chi connectivity index (χ0n) is 28.8. The zero-order valence-corrected chi connectivity index (χ0v) is 28.8. The molecule has 8 aromatic carbocycles. The molecule has 2 heterocycles. The lowest BCUT2D eigenvalue weighted by Crippen LogP contribution is -2.00. The van der Waals surface area contributed by atoms with Crippen molar-refractivity contribution in [2.75, 3.05) is 0 Å². The van der Waals surface area contributed by atoms with Gasteiger partial charge in [-0.1, -0.05) is 164 Å². The van der Waals surface area contributed by atoms with E-state index in [4.69, 9.17) is 15.0 Å². The summed E-state index contributed by atoms with van der Waals surface area (Å²) in [7, 11) is 0. The number of rotatable bonds is 6. The van der Waals surface area contributed by atoms with Gasteiger partial charge in [-0.3, -0.25) is 0 Å². The molecule has 10 aromatic rings. The van der Waals surface area contributed by atoms with Crippen LogP contribution in [-0.4, -0.2) is 19.5 Å². The molecule has 0 atom stereocenters. The van der Waals surface area contributed by atoms with E-state index in [-0.39, 0.29) is 0 Å². The van der Waals surface area contributed by atoms with Gasteiger partial charge in [0.25, 0.3) is 0 Å².